The van der Waals surface area contributed by atoms with Crippen molar-refractivity contribution in [3.8, 4) is 0 Å². The van der Waals surface area contributed by atoms with E-state index in [2.05, 4.69) is 32.2 Å². The van der Waals surface area contributed by atoms with E-state index in [4.69, 9.17) is 12.2 Å². The molecule has 29 heavy (non-hydrogen) atoms. The molecule has 9 heteroatoms. The number of rotatable bonds is 7. The van der Waals surface area contributed by atoms with Crippen LogP contribution in [0.1, 0.15) is 24.9 Å². The second-order valence-electron chi connectivity index (χ2n) is 6.17. The van der Waals surface area contributed by atoms with Gasteiger partial charge in [-0.05, 0) is 54.5 Å². The second-order valence-corrected chi connectivity index (χ2v) is 8.26. The van der Waals surface area contributed by atoms with Crippen LogP contribution in [0, 0.1) is 0 Å². The van der Waals surface area contributed by atoms with Crippen molar-refractivity contribution in [3.05, 3.63) is 78.6 Å². The first-order valence-electron chi connectivity index (χ1n) is 9.00. The van der Waals surface area contributed by atoms with Gasteiger partial charge in [-0.3, -0.25) is 0 Å². The van der Waals surface area contributed by atoms with E-state index in [0.717, 1.165) is 12.0 Å². The lowest BCUT2D eigenvalue weighted by atomic mass is 10.1. The van der Waals surface area contributed by atoms with E-state index in [-0.39, 0.29) is 16.9 Å². The Hall–Kier alpha value is -3.04. The summed E-state index contributed by atoms with van der Waals surface area (Å²) < 4.78 is 27.2. The Morgan fingerprint density at radius 1 is 1.00 bits per heavy atom. The molecule has 1 heterocycles. The molecule has 0 saturated heterocycles. The average Bonchev–Trinajstić information content (AvgIpc) is 2.73. The number of aromatic nitrogens is 2. The molecule has 1 aromatic heterocycles. The smallest absolute Gasteiger partial charge is 0.264 e. The molecule has 150 valence electrons. The van der Waals surface area contributed by atoms with Gasteiger partial charge in [-0.1, -0.05) is 37.3 Å². The van der Waals surface area contributed by atoms with Crippen LogP contribution in [-0.4, -0.2) is 23.5 Å². The van der Waals surface area contributed by atoms with Gasteiger partial charge < -0.3 is 10.6 Å². The van der Waals surface area contributed by atoms with Gasteiger partial charge in [0, 0.05) is 18.1 Å². The third kappa shape index (κ3) is 5.72. The number of hydrogen-bond donors (Lipinski definition) is 3. The van der Waals surface area contributed by atoms with E-state index < -0.39 is 10.0 Å². The summed E-state index contributed by atoms with van der Waals surface area (Å²) in [4.78, 5) is 7.84. The predicted octanol–water partition coefficient (Wildman–Crippen LogP) is 3.72. The summed E-state index contributed by atoms with van der Waals surface area (Å²) in [7, 11) is -3.77. The Labute approximate surface area is 175 Å². The quantitative estimate of drug-likeness (QED) is 0.495. The van der Waals surface area contributed by atoms with E-state index in [1.54, 1.807) is 18.2 Å². The van der Waals surface area contributed by atoms with Crippen LogP contribution in [0.3, 0.4) is 0 Å². The molecule has 3 aromatic rings. The van der Waals surface area contributed by atoms with Crippen LogP contribution in [0.5, 0.6) is 0 Å². The van der Waals surface area contributed by atoms with Crippen molar-refractivity contribution < 1.29 is 8.42 Å². The highest BCUT2D eigenvalue weighted by molar-refractivity contribution is 7.92. The van der Waals surface area contributed by atoms with E-state index >= 15 is 0 Å². The molecule has 0 bridgehead atoms. The molecule has 1 unspecified atom stereocenters. The van der Waals surface area contributed by atoms with Gasteiger partial charge in [0.25, 0.3) is 10.0 Å². The molecule has 0 aliphatic carbocycles. The summed E-state index contributed by atoms with van der Waals surface area (Å²) >= 11 is 5.40. The van der Waals surface area contributed by atoms with Gasteiger partial charge in [-0.25, -0.2) is 23.1 Å². The molecule has 3 N–H and O–H groups in total. The van der Waals surface area contributed by atoms with Gasteiger partial charge in [0.1, 0.15) is 0 Å². The highest BCUT2D eigenvalue weighted by Gasteiger charge is 2.16. The zero-order valence-corrected chi connectivity index (χ0v) is 17.4. The second kappa shape index (κ2) is 9.44. The Bertz CT molecular complexity index is 1040. The molecule has 0 amide bonds. The number of sulfonamides is 1. The molecule has 3 rings (SSSR count). The van der Waals surface area contributed by atoms with E-state index in [1.165, 1.54) is 24.5 Å². The zero-order chi connectivity index (χ0) is 20.7. The normalized spacial score (nSPS) is 12.0. The first-order chi connectivity index (χ1) is 14.0. The van der Waals surface area contributed by atoms with Gasteiger partial charge >= 0.3 is 0 Å². The summed E-state index contributed by atoms with van der Waals surface area (Å²) in [6.45, 7) is 2.08. The zero-order valence-electron chi connectivity index (χ0n) is 15.7. The Kier molecular flexibility index (Phi) is 6.73. The largest absolute Gasteiger partial charge is 0.356 e. The Morgan fingerprint density at radius 3 is 2.28 bits per heavy atom. The van der Waals surface area contributed by atoms with Crippen LogP contribution in [0.15, 0.2) is 78.0 Å². The van der Waals surface area contributed by atoms with Crippen LogP contribution in [-0.2, 0) is 10.0 Å². The monoisotopic (exact) mass is 427 g/mol. The minimum absolute atomic E-state index is 0.0200. The van der Waals surface area contributed by atoms with Crippen molar-refractivity contribution in [1.82, 2.24) is 15.3 Å². The Balaban J connectivity index is 1.63. The van der Waals surface area contributed by atoms with Crippen molar-refractivity contribution >= 4 is 39.0 Å². The van der Waals surface area contributed by atoms with Gasteiger partial charge in [-0.2, -0.15) is 0 Å². The summed E-state index contributed by atoms with van der Waals surface area (Å²) in [5.41, 5.74) is 1.83. The highest BCUT2D eigenvalue weighted by Crippen LogP contribution is 2.18. The maximum Gasteiger partial charge on any atom is 0.264 e. The topological polar surface area (TPSA) is 96.0 Å². The Morgan fingerprint density at radius 2 is 1.66 bits per heavy atom. The van der Waals surface area contributed by atoms with Crippen LogP contribution < -0.4 is 15.4 Å². The third-order valence-corrected chi connectivity index (χ3v) is 5.69. The number of nitrogens with one attached hydrogen (secondary N) is 3. The standard InChI is InChI=1S/C20H21N5O2S2/c1-2-18(15-7-4-3-5-8-15)24-20(28)23-16-9-11-17(12-10-16)29(26,27)25-19-21-13-6-14-22-19/h3-14,18H,2H2,1H3,(H,21,22,25)(H2,23,24,28). The fourth-order valence-corrected chi connectivity index (χ4v) is 3.90. The van der Waals surface area contributed by atoms with Crippen molar-refractivity contribution in [2.45, 2.75) is 24.3 Å². The molecule has 1 atom stereocenters. The van der Waals surface area contributed by atoms with Crippen molar-refractivity contribution in [3.63, 3.8) is 0 Å². The third-order valence-electron chi connectivity index (χ3n) is 4.13. The summed E-state index contributed by atoms with van der Waals surface area (Å²) in [5, 5.41) is 6.83. The van der Waals surface area contributed by atoms with Crippen molar-refractivity contribution in [2.75, 3.05) is 10.0 Å². The van der Waals surface area contributed by atoms with Gasteiger partial charge in [-0.15, -0.1) is 0 Å². The summed E-state index contributed by atoms with van der Waals surface area (Å²) in [5.74, 6) is 0.0200. The molecular weight excluding hydrogens is 406 g/mol. The van der Waals surface area contributed by atoms with E-state index in [1.807, 2.05) is 30.3 Å². The molecule has 0 aliphatic heterocycles. The lowest BCUT2D eigenvalue weighted by molar-refractivity contribution is 0.601. The molecule has 0 saturated carbocycles. The molecule has 7 nitrogen and oxygen atoms in total. The SMILES string of the molecule is CCC(NC(=S)Nc1ccc(S(=O)(=O)Nc2ncccn2)cc1)c1ccccc1. The fourth-order valence-electron chi connectivity index (χ4n) is 2.68. The van der Waals surface area contributed by atoms with Gasteiger partial charge in [0.15, 0.2) is 5.11 Å². The summed E-state index contributed by atoms with van der Waals surface area (Å²) in [6.07, 6.45) is 3.80. The minimum Gasteiger partial charge on any atom is -0.356 e. The maximum absolute atomic E-state index is 12.4. The van der Waals surface area contributed by atoms with Crippen molar-refractivity contribution in [1.29, 1.82) is 0 Å². The molecule has 0 aliphatic rings. The first-order valence-corrected chi connectivity index (χ1v) is 10.9. The van der Waals surface area contributed by atoms with Crippen LogP contribution in [0.2, 0.25) is 0 Å². The fraction of sp³-hybridized carbons (Fsp3) is 0.150. The van der Waals surface area contributed by atoms with E-state index in [9.17, 15) is 8.42 Å². The number of nitrogens with zero attached hydrogens (tertiary/aromatic N) is 2. The molecule has 0 spiro atoms. The van der Waals surface area contributed by atoms with E-state index in [0.29, 0.717) is 10.8 Å². The number of anilines is 2. The number of benzene rings is 2. The average molecular weight is 428 g/mol. The number of hydrogen-bond acceptors (Lipinski definition) is 5. The number of thiocarbonyl (C=S) groups is 1. The lowest BCUT2D eigenvalue weighted by Gasteiger charge is -2.20. The summed E-state index contributed by atoms with van der Waals surface area (Å²) in [6, 6.07) is 18.0. The van der Waals surface area contributed by atoms with Gasteiger partial charge in [0.2, 0.25) is 5.95 Å². The minimum atomic E-state index is -3.77. The molecular formula is C20H21N5O2S2. The lowest BCUT2D eigenvalue weighted by Crippen LogP contribution is -2.32. The predicted molar refractivity (Wildman–Crippen MR) is 118 cm³/mol. The van der Waals surface area contributed by atoms with Crippen LogP contribution >= 0.6 is 12.2 Å². The molecule has 0 fully saturated rings. The van der Waals surface area contributed by atoms with Crippen LogP contribution in [0.25, 0.3) is 0 Å². The highest BCUT2D eigenvalue weighted by atomic mass is 32.2. The molecule has 0 radical (unpaired) electrons. The van der Waals surface area contributed by atoms with Gasteiger partial charge in [0.05, 0.1) is 10.9 Å². The molecule has 2 aromatic carbocycles. The van der Waals surface area contributed by atoms with Crippen molar-refractivity contribution in [2.24, 2.45) is 0 Å². The van der Waals surface area contributed by atoms with Crippen LogP contribution in [0.4, 0.5) is 11.6 Å². The first kappa shape index (κ1) is 20.7. The maximum atomic E-state index is 12.4.